The summed E-state index contributed by atoms with van der Waals surface area (Å²) in [5.74, 6) is 0.826. The van der Waals surface area contributed by atoms with Crippen LogP contribution in [0.3, 0.4) is 0 Å². The third kappa shape index (κ3) is 2.49. The molecule has 0 atom stereocenters. The molecule has 2 aromatic heterocycles. The lowest BCUT2D eigenvalue weighted by atomic mass is 10.3. The largest absolute Gasteiger partial charge is 0.395 e. The Hall–Kier alpha value is -1.44. The molecule has 0 saturated carbocycles. The van der Waals surface area contributed by atoms with E-state index in [9.17, 15) is 0 Å². The van der Waals surface area contributed by atoms with Gasteiger partial charge in [-0.15, -0.1) is 0 Å². The maximum atomic E-state index is 8.95. The fourth-order valence-corrected chi connectivity index (χ4v) is 2.52. The quantitative estimate of drug-likeness (QED) is 0.779. The van der Waals surface area contributed by atoms with Gasteiger partial charge in [0.25, 0.3) is 0 Å². The van der Waals surface area contributed by atoms with Gasteiger partial charge in [-0.1, -0.05) is 0 Å². The number of piperazine rings is 1. The number of nitrogens with zero attached hydrogens (tertiary/aromatic N) is 5. The van der Waals surface area contributed by atoms with Crippen LogP contribution in [0.2, 0.25) is 5.28 Å². The Bertz CT molecular complexity index is 565. The third-order valence-corrected chi connectivity index (χ3v) is 3.52. The van der Waals surface area contributed by atoms with E-state index < -0.39 is 0 Å². The van der Waals surface area contributed by atoms with Crippen LogP contribution >= 0.6 is 11.6 Å². The zero-order valence-corrected chi connectivity index (χ0v) is 11.1. The zero-order chi connectivity index (χ0) is 13.2. The van der Waals surface area contributed by atoms with Crippen molar-refractivity contribution in [2.45, 2.75) is 0 Å². The fourth-order valence-electron chi connectivity index (χ4n) is 2.36. The van der Waals surface area contributed by atoms with Gasteiger partial charge in [-0.05, 0) is 11.6 Å². The van der Waals surface area contributed by atoms with Gasteiger partial charge in [-0.2, -0.15) is 15.1 Å². The number of halogens is 1. The molecule has 0 bridgehead atoms. The number of nitrogens with one attached hydrogen (secondary N) is 1. The highest BCUT2D eigenvalue weighted by atomic mass is 35.5. The minimum Gasteiger partial charge on any atom is -0.395 e. The summed E-state index contributed by atoms with van der Waals surface area (Å²) in [7, 11) is 0. The van der Waals surface area contributed by atoms with Gasteiger partial charge in [0, 0.05) is 32.7 Å². The second kappa shape index (κ2) is 5.28. The molecule has 2 N–H and O–H groups in total. The van der Waals surface area contributed by atoms with Gasteiger partial charge in [0.05, 0.1) is 18.2 Å². The number of aliphatic hydroxyl groups is 1. The number of hydrogen-bond donors (Lipinski definition) is 2. The number of anilines is 1. The first-order chi connectivity index (χ1) is 9.28. The first-order valence-electron chi connectivity index (χ1n) is 6.22. The minimum absolute atomic E-state index is 0.200. The second-order valence-corrected chi connectivity index (χ2v) is 4.84. The number of H-pyrrole nitrogens is 1. The number of aromatic nitrogens is 4. The van der Waals surface area contributed by atoms with Crippen molar-refractivity contribution in [3.05, 3.63) is 11.5 Å². The number of β-amino-alcohol motifs (C(OH)–C–C–N with tert-alkyl or cyclic N) is 1. The molecule has 8 heteroatoms. The smallest absolute Gasteiger partial charge is 0.226 e. The summed E-state index contributed by atoms with van der Waals surface area (Å²) >= 11 is 5.94. The van der Waals surface area contributed by atoms with Crippen LogP contribution in [-0.2, 0) is 0 Å². The zero-order valence-electron chi connectivity index (χ0n) is 10.4. The first-order valence-corrected chi connectivity index (χ1v) is 6.60. The van der Waals surface area contributed by atoms with E-state index in [1.807, 2.05) is 0 Å². The molecule has 7 nitrogen and oxygen atoms in total. The van der Waals surface area contributed by atoms with Gasteiger partial charge in [0.2, 0.25) is 5.28 Å². The molecule has 19 heavy (non-hydrogen) atoms. The maximum absolute atomic E-state index is 8.95. The Balaban J connectivity index is 1.83. The summed E-state index contributed by atoms with van der Waals surface area (Å²) in [4.78, 5) is 12.8. The number of hydrogen-bond acceptors (Lipinski definition) is 6. The van der Waals surface area contributed by atoms with Gasteiger partial charge in [0.15, 0.2) is 5.65 Å². The van der Waals surface area contributed by atoms with E-state index in [-0.39, 0.29) is 11.9 Å². The van der Waals surface area contributed by atoms with Crippen LogP contribution in [0.15, 0.2) is 6.20 Å². The highest BCUT2D eigenvalue weighted by Gasteiger charge is 2.20. The number of aromatic amines is 1. The molecule has 0 spiro atoms. The monoisotopic (exact) mass is 282 g/mol. The van der Waals surface area contributed by atoms with E-state index in [0.29, 0.717) is 5.65 Å². The van der Waals surface area contributed by atoms with Crippen molar-refractivity contribution >= 4 is 28.5 Å². The number of fused-ring (bicyclic) bond motifs is 1. The average molecular weight is 283 g/mol. The second-order valence-electron chi connectivity index (χ2n) is 4.50. The van der Waals surface area contributed by atoms with Gasteiger partial charge < -0.3 is 10.0 Å². The molecular weight excluding hydrogens is 268 g/mol. The molecule has 0 aromatic carbocycles. The Morgan fingerprint density at radius 3 is 2.79 bits per heavy atom. The SMILES string of the molecule is OCCN1CCN(c2nc(Cl)nc3[nH]ncc23)CC1. The summed E-state index contributed by atoms with van der Waals surface area (Å²) in [6.45, 7) is 4.44. The van der Waals surface area contributed by atoms with Gasteiger partial charge in [0.1, 0.15) is 5.82 Å². The molecule has 2 aromatic rings. The Morgan fingerprint density at radius 2 is 2.05 bits per heavy atom. The van der Waals surface area contributed by atoms with Crippen LogP contribution in [0.4, 0.5) is 5.82 Å². The topological polar surface area (TPSA) is 81.2 Å². The lowest BCUT2D eigenvalue weighted by Crippen LogP contribution is -2.47. The molecule has 102 valence electrons. The van der Waals surface area contributed by atoms with Crippen LogP contribution in [0.5, 0.6) is 0 Å². The Morgan fingerprint density at radius 1 is 1.26 bits per heavy atom. The lowest BCUT2D eigenvalue weighted by Gasteiger charge is -2.35. The molecule has 0 aliphatic carbocycles. The fraction of sp³-hybridized carbons (Fsp3) is 0.545. The van der Waals surface area contributed by atoms with E-state index in [1.54, 1.807) is 6.20 Å². The summed E-state index contributed by atoms with van der Waals surface area (Å²) < 4.78 is 0. The molecule has 1 saturated heterocycles. The third-order valence-electron chi connectivity index (χ3n) is 3.35. The first kappa shape index (κ1) is 12.6. The highest BCUT2D eigenvalue weighted by Crippen LogP contribution is 2.24. The van der Waals surface area contributed by atoms with Crippen molar-refractivity contribution in [3.8, 4) is 0 Å². The molecule has 0 radical (unpaired) electrons. The standard InChI is InChI=1S/C11H15ClN6O/c12-11-14-9-8(7-13-16-9)10(15-11)18-3-1-17(2-4-18)5-6-19/h7,19H,1-6H2,(H,13,14,15,16). The number of rotatable bonds is 3. The minimum atomic E-state index is 0.200. The summed E-state index contributed by atoms with van der Waals surface area (Å²) in [6.07, 6.45) is 1.72. The van der Waals surface area contributed by atoms with Gasteiger partial charge >= 0.3 is 0 Å². The summed E-state index contributed by atoms with van der Waals surface area (Å²) in [5, 5.41) is 16.9. The predicted molar refractivity (Wildman–Crippen MR) is 72.4 cm³/mol. The summed E-state index contributed by atoms with van der Waals surface area (Å²) in [6, 6.07) is 0. The summed E-state index contributed by atoms with van der Waals surface area (Å²) in [5.41, 5.74) is 0.660. The highest BCUT2D eigenvalue weighted by molar-refractivity contribution is 6.28. The van der Waals surface area contributed by atoms with Crippen LogP contribution in [0.1, 0.15) is 0 Å². The van der Waals surface area contributed by atoms with Crippen molar-refractivity contribution in [2.24, 2.45) is 0 Å². The lowest BCUT2D eigenvalue weighted by molar-refractivity contribution is 0.188. The van der Waals surface area contributed by atoms with Gasteiger partial charge in [-0.3, -0.25) is 10.00 Å². The molecular formula is C11H15ClN6O. The van der Waals surface area contributed by atoms with Crippen LogP contribution in [0.25, 0.3) is 11.0 Å². The van der Waals surface area contributed by atoms with E-state index >= 15 is 0 Å². The van der Waals surface area contributed by atoms with E-state index in [4.69, 9.17) is 16.7 Å². The van der Waals surface area contributed by atoms with Crippen molar-refractivity contribution in [1.82, 2.24) is 25.1 Å². The maximum Gasteiger partial charge on any atom is 0.226 e. The molecule has 0 amide bonds. The predicted octanol–water partition coefficient (Wildman–Crippen LogP) is 0.121. The normalized spacial score (nSPS) is 17.3. The van der Waals surface area contributed by atoms with Crippen LogP contribution in [0, 0.1) is 0 Å². The van der Waals surface area contributed by atoms with Crippen LogP contribution in [-0.4, -0.2) is 69.5 Å². The van der Waals surface area contributed by atoms with E-state index in [1.165, 1.54) is 0 Å². The van der Waals surface area contributed by atoms with Crippen molar-refractivity contribution in [3.63, 3.8) is 0 Å². The van der Waals surface area contributed by atoms with E-state index in [2.05, 4.69) is 30.0 Å². The Kier molecular flexibility index (Phi) is 3.50. The van der Waals surface area contributed by atoms with Crippen molar-refractivity contribution < 1.29 is 5.11 Å². The molecule has 0 unspecified atom stereocenters. The molecule has 1 aliphatic heterocycles. The Labute approximate surface area is 115 Å². The van der Waals surface area contributed by atoms with E-state index in [0.717, 1.165) is 43.9 Å². The molecule has 3 heterocycles. The number of aliphatic hydroxyl groups excluding tert-OH is 1. The van der Waals surface area contributed by atoms with Crippen molar-refractivity contribution in [2.75, 3.05) is 44.2 Å². The molecule has 1 fully saturated rings. The average Bonchev–Trinajstić information content (AvgIpc) is 2.87. The van der Waals surface area contributed by atoms with Gasteiger partial charge in [-0.25, -0.2) is 0 Å². The molecule has 3 rings (SSSR count). The van der Waals surface area contributed by atoms with Crippen molar-refractivity contribution in [1.29, 1.82) is 0 Å². The molecule has 1 aliphatic rings. The van der Waals surface area contributed by atoms with Crippen LogP contribution < -0.4 is 4.90 Å².